The van der Waals surface area contributed by atoms with Gasteiger partial charge in [-0.1, -0.05) is 26.1 Å². The molecule has 0 aromatic heterocycles. The molecule has 0 saturated heterocycles. The summed E-state index contributed by atoms with van der Waals surface area (Å²) >= 11 is 4.34. The third-order valence-electron chi connectivity index (χ3n) is 0.883. The molecular formula is C6H11F2NS. The summed E-state index contributed by atoms with van der Waals surface area (Å²) in [6, 6.07) is 0. The lowest BCUT2D eigenvalue weighted by Gasteiger charge is -2.08. The summed E-state index contributed by atoms with van der Waals surface area (Å²) in [4.78, 5) is -0.353. The molecule has 0 heterocycles. The Bertz CT molecular complexity index is 114. The highest BCUT2D eigenvalue weighted by atomic mass is 32.1. The van der Waals surface area contributed by atoms with Crippen molar-refractivity contribution >= 4 is 17.2 Å². The molecule has 0 radical (unpaired) electrons. The Labute approximate surface area is 64.8 Å². The number of halogens is 2. The zero-order chi connectivity index (χ0) is 8.15. The summed E-state index contributed by atoms with van der Waals surface area (Å²) < 4.78 is 23.4. The number of alkyl halides is 2. The molecule has 1 N–H and O–H groups in total. The second kappa shape index (κ2) is 4.55. The minimum atomic E-state index is -2.52. The number of rotatable bonds is 3. The first-order valence-corrected chi connectivity index (χ1v) is 3.50. The Morgan fingerprint density at radius 1 is 1.50 bits per heavy atom. The highest BCUT2D eigenvalue weighted by Gasteiger charge is 2.09. The van der Waals surface area contributed by atoms with E-state index in [-0.39, 0.29) is 4.99 Å². The highest BCUT2D eigenvalue weighted by Crippen LogP contribution is 1.95. The van der Waals surface area contributed by atoms with Crippen molar-refractivity contribution in [2.24, 2.45) is 5.92 Å². The van der Waals surface area contributed by atoms with E-state index >= 15 is 0 Å². The molecule has 60 valence electrons. The molecule has 10 heavy (non-hydrogen) atoms. The fourth-order valence-corrected chi connectivity index (χ4v) is 0.465. The molecule has 4 heteroatoms. The van der Waals surface area contributed by atoms with Crippen molar-refractivity contribution in [2.75, 3.05) is 6.54 Å². The lowest BCUT2D eigenvalue weighted by Crippen LogP contribution is -2.30. The van der Waals surface area contributed by atoms with E-state index in [2.05, 4.69) is 17.5 Å². The molecule has 0 aromatic carbocycles. The van der Waals surface area contributed by atoms with Crippen molar-refractivity contribution in [2.45, 2.75) is 20.3 Å². The maximum absolute atomic E-state index is 11.7. The van der Waals surface area contributed by atoms with Crippen molar-refractivity contribution in [3.63, 3.8) is 0 Å². The highest BCUT2D eigenvalue weighted by molar-refractivity contribution is 7.80. The van der Waals surface area contributed by atoms with Gasteiger partial charge in [-0.15, -0.1) is 0 Å². The molecule has 0 amide bonds. The van der Waals surface area contributed by atoms with Crippen LogP contribution in [0.1, 0.15) is 13.8 Å². The van der Waals surface area contributed by atoms with E-state index in [1.165, 1.54) is 0 Å². The lowest BCUT2D eigenvalue weighted by atomic mass is 10.2. The molecule has 0 fully saturated rings. The standard InChI is InChI=1S/C6H11F2NS/c1-4(2)3-9-6(10)5(7)8/h4-5H,3H2,1-2H3,(H,9,10). The van der Waals surface area contributed by atoms with Gasteiger partial charge in [0, 0.05) is 6.54 Å². The summed E-state index contributed by atoms with van der Waals surface area (Å²) in [7, 11) is 0. The zero-order valence-corrected chi connectivity index (χ0v) is 6.84. The summed E-state index contributed by atoms with van der Waals surface area (Å²) in [6.45, 7) is 4.38. The minimum Gasteiger partial charge on any atom is -0.375 e. The SMILES string of the molecule is CC(C)CNC(=S)C(F)F. The van der Waals surface area contributed by atoms with Crippen molar-refractivity contribution in [1.82, 2.24) is 5.32 Å². The quantitative estimate of drug-likeness (QED) is 0.643. The average Bonchev–Trinajstić information content (AvgIpc) is 1.82. The van der Waals surface area contributed by atoms with Gasteiger partial charge >= 0.3 is 0 Å². The van der Waals surface area contributed by atoms with Gasteiger partial charge in [0.15, 0.2) is 0 Å². The Kier molecular flexibility index (Phi) is 4.43. The first-order chi connectivity index (χ1) is 4.54. The van der Waals surface area contributed by atoms with Crippen LogP contribution in [0.4, 0.5) is 8.78 Å². The van der Waals surface area contributed by atoms with E-state index in [0.717, 1.165) is 0 Å². The summed E-state index contributed by atoms with van der Waals surface area (Å²) in [5.74, 6) is 0.344. The van der Waals surface area contributed by atoms with Gasteiger partial charge in [-0.05, 0) is 5.92 Å². The molecule has 0 atom stereocenters. The smallest absolute Gasteiger partial charge is 0.288 e. The van der Waals surface area contributed by atoms with Crippen LogP contribution in [0.15, 0.2) is 0 Å². The van der Waals surface area contributed by atoms with Gasteiger partial charge in [0.1, 0.15) is 4.99 Å². The lowest BCUT2D eigenvalue weighted by molar-refractivity contribution is 0.223. The van der Waals surface area contributed by atoms with Gasteiger partial charge in [-0.25, -0.2) is 8.78 Å². The fourth-order valence-electron chi connectivity index (χ4n) is 0.382. The summed E-state index contributed by atoms with van der Waals surface area (Å²) in [5, 5.41) is 2.46. The maximum Gasteiger partial charge on any atom is 0.288 e. The van der Waals surface area contributed by atoms with Crippen LogP contribution in [0.25, 0.3) is 0 Å². The third-order valence-corrected chi connectivity index (χ3v) is 1.21. The van der Waals surface area contributed by atoms with Crippen LogP contribution >= 0.6 is 12.2 Å². The molecular weight excluding hydrogens is 156 g/mol. The first kappa shape index (κ1) is 9.75. The molecule has 0 bridgehead atoms. The topological polar surface area (TPSA) is 12.0 Å². The van der Waals surface area contributed by atoms with E-state index < -0.39 is 6.43 Å². The molecule has 0 aliphatic carbocycles. The maximum atomic E-state index is 11.7. The second-order valence-electron chi connectivity index (χ2n) is 2.44. The summed E-state index contributed by atoms with van der Waals surface area (Å²) in [5.41, 5.74) is 0. The van der Waals surface area contributed by atoms with E-state index in [4.69, 9.17) is 0 Å². The van der Waals surface area contributed by atoms with Gasteiger partial charge in [0.05, 0.1) is 0 Å². The molecule has 0 rings (SSSR count). The second-order valence-corrected chi connectivity index (χ2v) is 2.88. The molecule has 0 unspecified atom stereocenters. The predicted molar refractivity (Wildman–Crippen MR) is 41.4 cm³/mol. The molecule has 0 aliphatic heterocycles. The van der Waals surface area contributed by atoms with Gasteiger partial charge in [-0.2, -0.15) is 0 Å². The zero-order valence-electron chi connectivity index (χ0n) is 6.03. The molecule has 1 nitrogen and oxygen atoms in total. The van der Waals surface area contributed by atoms with Crippen LogP contribution < -0.4 is 5.32 Å². The Balaban J connectivity index is 3.40. The van der Waals surface area contributed by atoms with E-state index in [1.54, 1.807) is 0 Å². The van der Waals surface area contributed by atoms with Gasteiger partial charge < -0.3 is 5.32 Å². The number of thiocarbonyl (C=S) groups is 1. The Morgan fingerprint density at radius 2 is 2.00 bits per heavy atom. The first-order valence-electron chi connectivity index (χ1n) is 3.10. The van der Waals surface area contributed by atoms with Crippen LogP contribution in [0.2, 0.25) is 0 Å². The van der Waals surface area contributed by atoms with E-state index in [0.29, 0.717) is 12.5 Å². The normalized spacial score (nSPS) is 10.6. The van der Waals surface area contributed by atoms with Gasteiger partial charge in [-0.3, -0.25) is 0 Å². The molecule has 0 saturated carbocycles. The van der Waals surface area contributed by atoms with Crippen LogP contribution in [0.5, 0.6) is 0 Å². The monoisotopic (exact) mass is 167 g/mol. The van der Waals surface area contributed by atoms with Crippen LogP contribution in [-0.4, -0.2) is 18.0 Å². The van der Waals surface area contributed by atoms with Crippen LogP contribution in [-0.2, 0) is 0 Å². The van der Waals surface area contributed by atoms with E-state index in [1.807, 2.05) is 13.8 Å². The largest absolute Gasteiger partial charge is 0.375 e. The summed E-state index contributed by atoms with van der Waals surface area (Å²) in [6.07, 6.45) is -2.52. The van der Waals surface area contributed by atoms with Crippen molar-refractivity contribution in [3.8, 4) is 0 Å². The minimum absolute atomic E-state index is 0.344. The Hall–Kier alpha value is -0.250. The van der Waals surface area contributed by atoms with Crippen molar-refractivity contribution in [3.05, 3.63) is 0 Å². The van der Waals surface area contributed by atoms with Crippen molar-refractivity contribution < 1.29 is 8.78 Å². The fraction of sp³-hybridized carbons (Fsp3) is 0.833. The average molecular weight is 167 g/mol. The third kappa shape index (κ3) is 4.61. The van der Waals surface area contributed by atoms with Crippen LogP contribution in [0, 0.1) is 5.92 Å². The molecule has 0 aromatic rings. The predicted octanol–water partition coefficient (Wildman–Crippen LogP) is 1.82. The van der Waals surface area contributed by atoms with Crippen LogP contribution in [0.3, 0.4) is 0 Å². The van der Waals surface area contributed by atoms with Crippen molar-refractivity contribution in [1.29, 1.82) is 0 Å². The number of hydrogen-bond acceptors (Lipinski definition) is 1. The Morgan fingerprint density at radius 3 is 2.30 bits per heavy atom. The van der Waals surface area contributed by atoms with E-state index in [9.17, 15) is 8.78 Å². The molecule has 0 aliphatic rings. The number of nitrogens with one attached hydrogen (secondary N) is 1. The molecule has 0 spiro atoms. The number of hydrogen-bond donors (Lipinski definition) is 1. The van der Waals surface area contributed by atoms with Gasteiger partial charge in [0.25, 0.3) is 6.43 Å². The van der Waals surface area contributed by atoms with Gasteiger partial charge in [0.2, 0.25) is 0 Å².